The molecule has 1 aliphatic rings. The van der Waals surface area contributed by atoms with Crippen molar-refractivity contribution in [1.29, 1.82) is 0 Å². The van der Waals surface area contributed by atoms with Gasteiger partial charge in [0.15, 0.2) is 0 Å². The average Bonchev–Trinajstić information content (AvgIpc) is 2.82. The van der Waals surface area contributed by atoms with Crippen LogP contribution >= 0.6 is 0 Å². The molecule has 1 saturated carbocycles. The van der Waals surface area contributed by atoms with E-state index in [-0.39, 0.29) is 6.04 Å². The molecule has 0 heterocycles. The zero-order valence-corrected chi connectivity index (χ0v) is 8.96. The topological polar surface area (TPSA) is 69.6 Å². The number of alkyl halides is 3. The Hall–Kier alpha value is -1.31. The van der Waals surface area contributed by atoms with Gasteiger partial charge < -0.3 is 10.4 Å². The van der Waals surface area contributed by atoms with Gasteiger partial charge >= 0.3 is 12.1 Å². The van der Waals surface area contributed by atoms with E-state index in [0.29, 0.717) is 4.90 Å². The molecule has 0 aromatic carbocycles. The first kappa shape index (κ1) is 13.8. The molecule has 1 aliphatic carbocycles. The minimum atomic E-state index is -4.52. The normalized spacial score (nSPS) is 16.0. The van der Waals surface area contributed by atoms with Crippen LogP contribution in [0, 0.1) is 0 Å². The van der Waals surface area contributed by atoms with Crippen molar-refractivity contribution in [2.45, 2.75) is 25.1 Å². The van der Waals surface area contributed by atoms with E-state index in [0.717, 1.165) is 12.8 Å². The SMILES string of the molecule is O=C(O)CN(CC(=O)NC1CC1)CC(F)(F)F. The third kappa shape index (κ3) is 6.77. The number of nitrogens with one attached hydrogen (secondary N) is 1. The van der Waals surface area contributed by atoms with E-state index in [2.05, 4.69) is 5.32 Å². The first-order valence-corrected chi connectivity index (χ1v) is 5.06. The molecule has 1 rings (SSSR count). The molecule has 0 radical (unpaired) electrons. The van der Waals surface area contributed by atoms with Gasteiger partial charge in [0.2, 0.25) is 5.91 Å². The molecule has 98 valence electrons. The maximum atomic E-state index is 12.1. The second-order valence-electron chi connectivity index (χ2n) is 4.00. The van der Waals surface area contributed by atoms with Gasteiger partial charge in [-0.15, -0.1) is 0 Å². The summed E-state index contributed by atoms with van der Waals surface area (Å²) in [4.78, 5) is 22.2. The summed E-state index contributed by atoms with van der Waals surface area (Å²) in [5, 5.41) is 10.9. The monoisotopic (exact) mass is 254 g/mol. The minimum Gasteiger partial charge on any atom is -0.480 e. The lowest BCUT2D eigenvalue weighted by Gasteiger charge is -2.20. The molecule has 1 fully saturated rings. The lowest BCUT2D eigenvalue weighted by atomic mass is 10.4. The second-order valence-corrected chi connectivity index (χ2v) is 4.00. The lowest BCUT2D eigenvalue weighted by Crippen LogP contribution is -2.44. The molecule has 0 bridgehead atoms. The maximum Gasteiger partial charge on any atom is 0.401 e. The zero-order valence-electron chi connectivity index (χ0n) is 8.96. The van der Waals surface area contributed by atoms with E-state index in [4.69, 9.17) is 5.11 Å². The standard InChI is InChI=1S/C9H13F3N2O3/c10-9(11,12)5-14(4-8(16)17)3-7(15)13-6-1-2-6/h6H,1-5H2,(H,13,15)(H,16,17). The van der Waals surface area contributed by atoms with Gasteiger partial charge in [-0.05, 0) is 12.8 Å². The summed E-state index contributed by atoms with van der Waals surface area (Å²) >= 11 is 0. The van der Waals surface area contributed by atoms with E-state index in [1.165, 1.54) is 0 Å². The van der Waals surface area contributed by atoms with Crippen molar-refractivity contribution in [3.63, 3.8) is 0 Å². The predicted octanol–water partition coefficient (Wildman–Crippen LogP) is 0.214. The van der Waals surface area contributed by atoms with E-state index < -0.39 is 37.7 Å². The van der Waals surface area contributed by atoms with E-state index in [1.807, 2.05) is 0 Å². The second kappa shape index (κ2) is 5.35. The van der Waals surface area contributed by atoms with Crippen molar-refractivity contribution in [3.05, 3.63) is 0 Å². The van der Waals surface area contributed by atoms with Crippen LogP contribution in [0.25, 0.3) is 0 Å². The Morgan fingerprint density at radius 3 is 2.29 bits per heavy atom. The van der Waals surface area contributed by atoms with E-state index >= 15 is 0 Å². The number of carboxylic acid groups (broad SMARTS) is 1. The van der Waals surface area contributed by atoms with Crippen molar-refractivity contribution < 1.29 is 27.9 Å². The van der Waals surface area contributed by atoms with Gasteiger partial charge in [-0.3, -0.25) is 14.5 Å². The molecule has 0 aromatic rings. The van der Waals surface area contributed by atoms with Crippen LogP contribution in [0.4, 0.5) is 13.2 Å². The number of hydrogen-bond donors (Lipinski definition) is 2. The third-order valence-corrected chi connectivity index (χ3v) is 2.07. The summed E-state index contributed by atoms with van der Waals surface area (Å²) in [5.74, 6) is -1.97. The molecule has 0 unspecified atom stereocenters. The Bertz CT molecular complexity index is 302. The van der Waals surface area contributed by atoms with Gasteiger partial charge in [-0.25, -0.2) is 0 Å². The van der Waals surface area contributed by atoms with Crippen molar-refractivity contribution in [2.75, 3.05) is 19.6 Å². The van der Waals surface area contributed by atoms with Gasteiger partial charge in [-0.2, -0.15) is 13.2 Å². The Labute approximate surface area is 95.6 Å². The van der Waals surface area contributed by atoms with Crippen LogP contribution in [0.5, 0.6) is 0 Å². The molecule has 0 atom stereocenters. The number of nitrogens with zero attached hydrogens (tertiary/aromatic N) is 1. The van der Waals surface area contributed by atoms with Gasteiger partial charge in [-0.1, -0.05) is 0 Å². The Kier molecular flexibility index (Phi) is 4.33. The molecule has 2 N–H and O–H groups in total. The summed E-state index contributed by atoms with van der Waals surface area (Å²) in [5.41, 5.74) is 0. The highest BCUT2D eigenvalue weighted by molar-refractivity contribution is 5.79. The largest absolute Gasteiger partial charge is 0.480 e. The van der Waals surface area contributed by atoms with Crippen LogP contribution in [0.3, 0.4) is 0 Å². The molecule has 8 heteroatoms. The molecule has 0 spiro atoms. The fraction of sp³-hybridized carbons (Fsp3) is 0.778. The molecule has 5 nitrogen and oxygen atoms in total. The van der Waals surface area contributed by atoms with Gasteiger partial charge in [0.05, 0.1) is 19.6 Å². The highest BCUT2D eigenvalue weighted by Crippen LogP contribution is 2.19. The maximum absolute atomic E-state index is 12.1. The van der Waals surface area contributed by atoms with Crippen LogP contribution in [-0.2, 0) is 9.59 Å². The molecule has 0 aliphatic heterocycles. The highest BCUT2D eigenvalue weighted by atomic mass is 19.4. The van der Waals surface area contributed by atoms with Crippen molar-refractivity contribution in [3.8, 4) is 0 Å². The van der Waals surface area contributed by atoms with Gasteiger partial charge in [0, 0.05) is 6.04 Å². The molecule has 0 aromatic heterocycles. The van der Waals surface area contributed by atoms with Crippen LogP contribution in [0.15, 0.2) is 0 Å². The summed E-state index contributed by atoms with van der Waals surface area (Å²) in [6.07, 6.45) is -2.87. The first-order valence-electron chi connectivity index (χ1n) is 5.06. The third-order valence-electron chi connectivity index (χ3n) is 2.07. The lowest BCUT2D eigenvalue weighted by molar-refractivity contribution is -0.155. The fourth-order valence-corrected chi connectivity index (χ4v) is 1.32. The van der Waals surface area contributed by atoms with Gasteiger partial charge in [0.25, 0.3) is 0 Å². The number of carbonyl (C=O) groups is 2. The Morgan fingerprint density at radius 2 is 1.88 bits per heavy atom. The predicted molar refractivity (Wildman–Crippen MR) is 51.3 cm³/mol. The van der Waals surface area contributed by atoms with Crippen LogP contribution < -0.4 is 5.32 Å². The Morgan fingerprint density at radius 1 is 1.29 bits per heavy atom. The summed E-state index contributed by atoms with van der Waals surface area (Å²) in [7, 11) is 0. The van der Waals surface area contributed by atoms with E-state index in [1.54, 1.807) is 0 Å². The fourth-order valence-electron chi connectivity index (χ4n) is 1.32. The number of hydrogen-bond acceptors (Lipinski definition) is 3. The van der Waals surface area contributed by atoms with Crippen molar-refractivity contribution >= 4 is 11.9 Å². The molecule has 1 amide bonds. The number of carboxylic acids is 1. The Balaban J connectivity index is 2.43. The number of amides is 1. The first-order chi connectivity index (χ1) is 7.76. The average molecular weight is 254 g/mol. The minimum absolute atomic E-state index is 0.0417. The number of aliphatic carboxylic acids is 1. The number of rotatable bonds is 6. The summed E-state index contributed by atoms with van der Waals surface area (Å²) < 4.78 is 36.3. The molecular weight excluding hydrogens is 241 g/mol. The molecule has 17 heavy (non-hydrogen) atoms. The van der Waals surface area contributed by atoms with Crippen molar-refractivity contribution in [2.24, 2.45) is 0 Å². The summed E-state index contributed by atoms with van der Waals surface area (Å²) in [6.45, 7) is -2.77. The van der Waals surface area contributed by atoms with Crippen molar-refractivity contribution in [1.82, 2.24) is 10.2 Å². The summed E-state index contributed by atoms with van der Waals surface area (Å²) in [6, 6.07) is 0.0417. The van der Waals surface area contributed by atoms with Crippen LogP contribution in [0.2, 0.25) is 0 Å². The van der Waals surface area contributed by atoms with Crippen LogP contribution in [-0.4, -0.2) is 53.7 Å². The molecular formula is C9H13F3N2O3. The van der Waals surface area contributed by atoms with Crippen LogP contribution in [0.1, 0.15) is 12.8 Å². The highest BCUT2D eigenvalue weighted by Gasteiger charge is 2.33. The zero-order chi connectivity index (χ0) is 13.1. The number of halogens is 3. The molecule has 0 saturated heterocycles. The number of carbonyl (C=O) groups excluding carboxylic acids is 1. The van der Waals surface area contributed by atoms with Gasteiger partial charge in [0.1, 0.15) is 0 Å². The quantitative estimate of drug-likeness (QED) is 0.711. The smallest absolute Gasteiger partial charge is 0.401 e. The van der Waals surface area contributed by atoms with E-state index in [9.17, 15) is 22.8 Å².